The van der Waals surface area contributed by atoms with E-state index in [0.717, 1.165) is 22.5 Å². The molecule has 10 heteroatoms. The lowest BCUT2D eigenvalue weighted by Crippen LogP contribution is -2.47. The van der Waals surface area contributed by atoms with Crippen LogP contribution < -0.4 is 4.74 Å². The number of benzene rings is 1. The van der Waals surface area contributed by atoms with Crippen molar-refractivity contribution in [2.45, 2.75) is 30.7 Å². The molecule has 132 valence electrons. The summed E-state index contributed by atoms with van der Waals surface area (Å²) in [5.74, 6) is -1.97. The molecule has 1 aromatic carbocycles. The summed E-state index contributed by atoms with van der Waals surface area (Å²) in [4.78, 5) is 21.2. The normalized spacial score (nSPS) is 22.1. The lowest BCUT2D eigenvalue weighted by molar-refractivity contribution is -0.385. The van der Waals surface area contributed by atoms with E-state index < -0.39 is 26.8 Å². The molecule has 1 N–H and O–H groups in total. The van der Waals surface area contributed by atoms with Crippen molar-refractivity contribution in [3.05, 3.63) is 28.3 Å². The van der Waals surface area contributed by atoms with Crippen molar-refractivity contribution in [3.8, 4) is 5.75 Å². The molecule has 1 aliphatic heterocycles. The molecule has 0 amide bonds. The van der Waals surface area contributed by atoms with Crippen molar-refractivity contribution in [2.24, 2.45) is 5.92 Å². The van der Waals surface area contributed by atoms with Crippen LogP contribution in [0.4, 0.5) is 5.69 Å². The first-order valence-electron chi connectivity index (χ1n) is 7.25. The van der Waals surface area contributed by atoms with E-state index in [1.165, 1.54) is 7.11 Å². The number of non-ortho nitro benzene ring substituents is 1. The summed E-state index contributed by atoms with van der Waals surface area (Å²) in [5, 5.41) is 20.0. The summed E-state index contributed by atoms with van der Waals surface area (Å²) in [6, 6.07) is 2.86. The van der Waals surface area contributed by atoms with Gasteiger partial charge in [-0.05, 0) is 25.8 Å². The zero-order chi connectivity index (χ0) is 18.1. The highest BCUT2D eigenvalue weighted by molar-refractivity contribution is 7.89. The zero-order valence-electron chi connectivity index (χ0n) is 13.2. The van der Waals surface area contributed by atoms with Crippen LogP contribution in [0, 0.1) is 16.0 Å². The molecule has 0 radical (unpaired) electrons. The van der Waals surface area contributed by atoms with Gasteiger partial charge in [0.05, 0.1) is 24.0 Å². The minimum Gasteiger partial charge on any atom is -0.495 e. The van der Waals surface area contributed by atoms with Crippen LogP contribution in [0.25, 0.3) is 0 Å². The van der Waals surface area contributed by atoms with Crippen LogP contribution >= 0.6 is 0 Å². The Hall–Kier alpha value is -2.20. The van der Waals surface area contributed by atoms with Gasteiger partial charge in [-0.2, -0.15) is 4.31 Å². The maximum Gasteiger partial charge on any atom is 0.307 e. The van der Waals surface area contributed by atoms with Gasteiger partial charge in [-0.1, -0.05) is 0 Å². The van der Waals surface area contributed by atoms with E-state index in [2.05, 4.69) is 0 Å². The van der Waals surface area contributed by atoms with Crippen LogP contribution in [0.1, 0.15) is 19.8 Å². The number of carboxylic acids is 1. The molecule has 1 aliphatic rings. The maximum atomic E-state index is 12.9. The molecule has 0 spiro atoms. The molecular weight excluding hydrogens is 340 g/mol. The highest BCUT2D eigenvalue weighted by Crippen LogP contribution is 2.34. The number of aliphatic carboxylic acids is 1. The SMILES string of the molecule is COc1cc([N+](=O)[O-])ccc1S(=O)(=O)N1CC(C(=O)O)CCC1C. The molecule has 1 fully saturated rings. The van der Waals surface area contributed by atoms with Crippen molar-refractivity contribution >= 4 is 21.7 Å². The minimum absolute atomic E-state index is 0.140. The van der Waals surface area contributed by atoms with Crippen molar-refractivity contribution in [1.29, 1.82) is 0 Å². The maximum absolute atomic E-state index is 12.9. The topological polar surface area (TPSA) is 127 Å². The van der Waals surface area contributed by atoms with Crippen LogP contribution in [0.2, 0.25) is 0 Å². The number of ether oxygens (including phenoxy) is 1. The molecule has 2 atom stereocenters. The Kier molecular flexibility index (Phi) is 5.09. The van der Waals surface area contributed by atoms with Gasteiger partial charge in [0, 0.05) is 18.7 Å². The minimum atomic E-state index is -4.04. The number of piperidine rings is 1. The number of nitrogens with zero attached hydrogens (tertiary/aromatic N) is 2. The molecule has 1 heterocycles. The largest absolute Gasteiger partial charge is 0.495 e. The second kappa shape index (κ2) is 6.73. The second-order valence-corrected chi connectivity index (χ2v) is 7.49. The number of nitro benzene ring substituents is 1. The molecule has 0 aliphatic carbocycles. The number of hydrogen-bond acceptors (Lipinski definition) is 6. The molecule has 24 heavy (non-hydrogen) atoms. The van der Waals surface area contributed by atoms with Gasteiger partial charge in [0.25, 0.3) is 5.69 Å². The number of carbonyl (C=O) groups is 1. The van der Waals surface area contributed by atoms with Gasteiger partial charge in [-0.25, -0.2) is 8.42 Å². The Morgan fingerprint density at radius 1 is 1.42 bits per heavy atom. The van der Waals surface area contributed by atoms with Gasteiger partial charge in [0.1, 0.15) is 10.6 Å². The van der Waals surface area contributed by atoms with Gasteiger partial charge in [-0.3, -0.25) is 14.9 Å². The summed E-state index contributed by atoms with van der Waals surface area (Å²) >= 11 is 0. The van der Waals surface area contributed by atoms with E-state index in [0.29, 0.717) is 12.8 Å². The number of carboxylic acid groups (broad SMARTS) is 1. The monoisotopic (exact) mass is 358 g/mol. The van der Waals surface area contributed by atoms with Crippen LogP contribution in [0.5, 0.6) is 5.75 Å². The van der Waals surface area contributed by atoms with E-state index in [4.69, 9.17) is 9.84 Å². The second-order valence-electron chi connectivity index (χ2n) is 5.63. The molecular formula is C14H18N2O7S. The van der Waals surface area contributed by atoms with Crippen LogP contribution in [-0.2, 0) is 14.8 Å². The molecule has 0 saturated carbocycles. The fourth-order valence-electron chi connectivity index (χ4n) is 2.72. The van der Waals surface area contributed by atoms with Gasteiger partial charge >= 0.3 is 5.97 Å². The van der Waals surface area contributed by atoms with Crippen LogP contribution in [0.15, 0.2) is 23.1 Å². The molecule has 2 rings (SSSR count). The summed E-state index contributed by atoms with van der Waals surface area (Å²) < 4.78 is 31.9. The van der Waals surface area contributed by atoms with Gasteiger partial charge in [0.15, 0.2) is 0 Å². The van der Waals surface area contributed by atoms with E-state index in [-0.39, 0.29) is 28.9 Å². The van der Waals surface area contributed by atoms with Crippen molar-refractivity contribution < 1.29 is 28.0 Å². The fourth-order valence-corrected chi connectivity index (χ4v) is 4.57. The summed E-state index contributed by atoms with van der Waals surface area (Å²) in [7, 11) is -2.82. The third-order valence-electron chi connectivity index (χ3n) is 4.12. The third-order valence-corrected chi connectivity index (χ3v) is 6.14. The van der Waals surface area contributed by atoms with Gasteiger partial charge in [-0.15, -0.1) is 0 Å². The number of nitro groups is 1. The third kappa shape index (κ3) is 3.34. The van der Waals surface area contributed by atoms with E-state index in [1.807, 2.05) is 0 Å². The lowest BCUT2D eigenvalue weighted by atomic mass is 9.96. The van der Waals surface area contributed by atoms with Crippen molar-refractivity contribution in [1.82, 2.24) is 4.31 Å². The summed E-state index contributed by atoms with van der Waals surface area (Å²) in [6.45, 7) is 1.56. The highest BCUT2D eigenvalue weighted by Gasteiger charge is 2.38. The number of rotatable bonds is 5. The van der Waals surface area contributed by atoms with Crippen molar-refractivity contribution in [2.75, 3.05) is 13.7 Å². The Morgan fingerprint density at radius 2 is 2.08 bits per heavy atom. The molecule has 0 aromatic heterocycles. The standard InChI is InChI=1S/C14H18N2O7S/c1-9-3-4-10(14(17)18)8-15(9)24(21,22)13-6-5-11(16(19)20)7-12(13)23-2/h5-7,9-10H,3-4,8H2,1-2H3,(H,17,18). The Morgan fingerprint density at radius 3 is 2.62 bits per heavy atom. The van der Waals surface area contributed by atoms with Crippen LogP contribution in [-0.4, -0.2) is 48.4 Å². The predicted molar refractivity (Wildman–Crippen MR) is 83.4 cm³/mol. The lowest BCUT2D eigenvalue weighted by Gasteiger charge is -2.35. The Labute approximate surface area is 139 Å². The first-order valence-corrected chi connectivity index (χ1v) is 8.69. The number of methoxy groups -OCH3 is 1. The first kappa shape index (κ1) is 18.1. The van der Waals surface area contributed by atoms with Crippen molar-refractivity contribution in [3.63, 3.8) is 0 Å². The first-order chi connectivity index (χ1) is 11.2. The van der Waals surface area contributed by atoms with E-state index >= 15 is 0 Å². The Balaban J connectivity index is 2.45. The Bertz CT molecular complexity index is 762. The number of hydrogen-bond donors (Lipinski definition) is 1. The molecule has 2 unspecified atom stereocenters. The molecule has 1 saturated heterocycles. The van der Waals surface area contributed by atoms with Gasteiger partial charge in [0.2, 0.25) is 10.0 Å². The summed E-state index contributed by atoms with van der Waals surface area (Å²) in [5.41, 5.74) is -0.291. The smallest absolute Gasteiger partial charge is 0.307 e. The predicted octanol–water partition coefficient (Wildman–Crippen LogP) is 1.48. The molecule has 0 bridgehead atoms. The van der Waals surface area contributed by atoms with Crippen LogP contribution in [0.3, 0.4) is 0 Å². The summed E-state index contributed by atoms with van der Waals surface area (Å²) in [6.07, 6.45) is 0.825. The molecule has 1 aromatic rings. The average Bonchev–Trinajstić information content (AvgIpc) is 2.54. The zero-order valence-corrected chi connectivity index (χ0v) is 14.0. The highest BCUT2D eigenvalue weighted by atomic mass is 32.2. The molecule has 9 nitrogen and oxygen atoms in total. The van der Waals surface area contributed by atoms with E-state index in [9.17, 15) is 23.3 Å². The van der Waals surface area contributed by atoms with Gasteiger partial charge < -0.3 is 9.84 Å². The fraction of sp³-hybridized carbons (Fsp3) is 0.500. The van der Waals surface area contributed by atoms with E-state index in [1.54, 1.807) is 6.92 Å². The quantitative estimate of drug-likeness (QED) is 0.623. The average molecular weight is 358 g/mol. The number of sulfonamides is 1.